The van der Waals surface area contributed by atoms with Gasteiger partial charge in [-0.15, -0.1) is 11.6 Å². The second-order valence-corrected chi connectivity index (χ2v) is 5.78. The average Bonchev–Trinajstić information content (AvgIpc) is 2.48. The van der Waals surface area contributed by atoms with Crippen molar-refractivity contribution in [1.29, 1.82) is 0 Å². The Labute approximate surface area is 147 Å². The van der Waals surface area contributed by atoms with Gasteiger partial charge in [-0.25, -0.2) is 0 Å². The molecule has 0 saturated heterocycles. The molecule has 0 bridgehead atoms. The summed E-state index contributed by atoms with van der Waals surface area (Å²) < 4.78 is 23.6. The first-order chi connectivity index (χ1) is 11.0. The molecule has 138 valence electrons. The van der Waals surface area contributed by atoms with Crippen LogP contribution >= 0.6 is 11.6 Å². The molecule has 0 radical (unpaired) electrons. The largest absolute Gasteiger partial charge is 0.348 e. The second kappa shape index (κ2) is 14.2. The second-order valence-electron chi connectivity index (χ2n) is 5.47. The molecule has 0 aromatic carbocycles. The number of likely N-dealkylation sites (N-methyl/N-ethyl adjacent to an activating group) is 1. The first kappa shape index (κ1) is 22.8. The number of halogens is 1. The van der Waals surface area contributed by atoms with E-state index in [2.05, 4.69) is 13.1 Å². The fraction of sp³-hybridized carbons (Fsp3) is 0.882. The molecule has 0 aliphatic carbocycles. The van der Waals surface area contributed by atoms with E-state index < -0.39 is 0 Å². The third kappa shape index (κ3) is 11.1. The van der Waals surface area contributed by atoms with Gasteiger partial charge in [-0.05, 0) is 33.8 Å². The van der Waals surface area contributed by atoms with Crippen LogP contribution in [0.2, 0.25) is 0 Å². The van der Waals surface area contributed by atoms with Crippen molar-refractivity contribution < 1.29 is 23.4 Å². The number of ether oxygens (including phenoxy) is 4. The molecule has 0 unspecified atom stereocenters. The van der Waals surface area contributed by atoms with Gasteiger partial charge in [0.15, 0.2) is 0 Å². The van der Waals surface area contributed by atoms with Crippen molar-refractivity contribution in [3.05, 3.63) is 12.2 Å². The Morgan fingerprint density at radius 2 is 1.17 bits per heavy atom. The highest BCUT2D eigenvalue weighted by Crippen LogP contribution is 2.13. The number of allylic oxidation sites excluding steroid dienone is 1. The van der Waals surface area contributed by atoms with Crippen LogP contribution < -0.4 is 0 Å². The molecule has 0 aromatic rings. The zero-order valence-electron chi connectivity index (χ0n) is 15.4. The van der Waals surface area contributed by atoms with Crippen LogP contribution in [0.5, 0.6) is 0 Å². The van der Waals surface area contributed by atoms with Crippen LogP contribution in [0.15, 0.2) is 12.2 Å². The summed E-state index contributed by atoms with van der Waals surface area (Å²) in [6.45, 7) is 12.7. The van der Waals surface area contributed by atoms with E-state index in [9.17, 15) is 0 Å². The molecule has 0 aliphatic rings. The molecule has 6 heteroatoms. The zero-order valence-corrected chi connectivity index (χ0v) is 16.2. The lowest BCUT2D eigenvalue weighted by Crippen LogP contribution is -2.54. The number of rotatable bonds is 15. The Morgan fingerprint density at radius 3 is 1.48 bits per heavy atom. The Bertz CT molecular complexity index is 272. The monoisotopic (exact) mass is 352 g/mol. The molecular formula is C17H35ClNO4+. The van der Waals surface area contributed by atoms with Gasteiger partial charge in [0.05, 0.1) is 13.6 Å². The predicted octanol–water partition coefficient (Wildman–Crippen LogP) is 3.03. The summed E-state index contributed by atoms with van der Waals surface area (Å²) in [5.74, 6) is 0.515. The quantitative estimate of drug-likeness (QED) is 0.196. The molecule has 0 heterocycles. The minimum absolute atomic E-state index is 0.233. The van der Waals surface area contributed by atoms with Crippen LogP contribution in [-0.2, 0) is 18.9 Å². The van der Waals surface area contributed by atoms with Gasteiger partial charge < -0.3 is 23.4 Å². The molecule has 0 atom stereocenters. The van der Waals surface area contributed by atoms with E-state index in [1.807, 2.05) is 33.8 Å². The summed E-state index contributed by atoms with van der Waals surface area (Å²) in [5, 5.41) is 0. The summed E-state index contributed by atoms with van der Waals surface area (Å²) in [6, 6.07) is 0. The SMILES string of the molecule is CCOC(C[N+](C)(CC=CCCl)CC(OCC)OCC)OCC. The molecule has 0 amide bonds. The molecular weight excluding hydrogens is 318 g/mol. The van der Waals surface area contributed by atoms with Crippen LogP contribution in [0, 0.1) is 0 Å². The molecule has 0 fully saturated rings. The Kier molecular flexibility index (Phi) is 14.1. The van der Waals surface area contributed by atoms with Gasteiger partial charge in [-0.1, -0.05) is 6.08 Å². The van der Waals surface area contributed by atoms with Crippen LogP contribution in [0.1, 0.15) is 27.7 Å². The highest BCUT2D eigenvalue weighted by molar-refractivity contribution is 6.18. The van der Waals surface area contributed by atoms with Crippen molar-refractivity contribution >= 4 is 11.6 Å². The number of quaternary nitrogens is 1. The third-order valence-electron chi connectivity index (χ3n) is 3.39. The van der Waals surface area contributed by atoms with E-state index in [-0.39, 0.29) is 12.6 Å². The minimum atomic E-state index is -0.233. The van der Waals surface area contributed by atoms with E-state index >= 15 is 0 Å². The number of nitrogens with zero attached hydrogens (tertiary/aromatic N) is 1. The zero-order chi connectivity index (χ0) is 17.6. The number of hydrogen-bond acceptors (Lipinski definition) is 4. The summed E-state index contributed by atoms with van der Waals surface area (Å²) in [4.78, 5) is 0. The molecule has 0 aromatic heterocycles. The Hall–Kier alpha value is -0.170. The van der Waals surface area contributed by atoms with Crippen LogP contribution in [-0.4, -0.2) is 76.1 Å². The topological polar surface area (TPSA) is 36.9 Å². The molecule has 0 aliphatic heterocycles. The maximum Gasteiger partial charge on any atom is 0.207 e. The number of hydrogen-bond donors (Lipinski definition) is 0. The summed E-state index contributed by atoms with van der Waals surface area (Å²) in [5.41, 5.74) is 0. The highest BCUT2D eigenvalue weighted by atomic mass is 35.5. The van der Waals surface area contributed by atoms with Crippen molar-refractivity contribution in [2.75, 3.05) is 59.0 Å². The van der Waals surface area contributed by atoms with Gasteiger partial charge in [0.2, 0.25) is 12.6 Å². The van der Waals surface area contributed by atoms with Crippen LogP contribution in [0.4, 0.5) is 0 Å². The fourth-order valence-electron chi connectivity index (χ4n) is 2.39. The molecule has 0 N–H and O–H groups in total. The minimum Gasteiger partial charge on any atom is -0.348 e. The first-order valence-corrected chi connectivity index (χ1v) is 9.09. The standard InChI is InChI=1S/C17H35ClNO4/c1-6-20-16(21-7-2)14-19(5,13-11-10-12-18)15-17(22-8-3)23-9-4/h10-11,16-17H,6-9,12-15H2,1-5H3/q+1. The van der Waals surface area contributed by atoms with E-state index in [1.165, 1.54) is 0 Å². The maximum absolute atomic E-state index is 5.75. The Balaban J connectivity index is 4.98. The van der Waals surface area contributed by atoms with Crippen molar-refractivity contribution in [2.45, 2.75) is 40.3 Å². The van der Waals surface area contributed by atoms with Crippen LogP contribution in [0.3, 0.4) is 0 Å². The van der Waals surface area contributed by atoms with Crippen molar-refractivity contribution in [1.82, 2.24) is 0 Å². The fourth-order valence-corrected chi connectivity index (χ4v) is 2.51. The van der Waals surface area contributed by atoms with E-state index in [1.54, 1.807) is 0 Å². The van der Waals surface area contributed by atoms with Gasteiger partial charge in [0.25, 0.3) is 0 Å². The van der Waals surface area contributed by atoms with Gasteiger partial charge in [0, 0.05) is 32.3 Å². The molecule has 5 nitrogen and oxygen atoms in total. The average molecular weight is 353 g/mol. The molecule has 0 rings (SSSR count). The summed E-state index contributed by atoms with van der Waals surface area (Å²) in [6.07, 6.45) is 3.59. The van der Waals surface area contributed by atoms with Gasteiger partial charge in [-0.3, -0.25) is 0 Å². The van der Waals surface area contributed by atoms with Gasteiger partial charge >= 0.3 is 0 Å². The van der Waals surface area contributed by atoms with Crippen molar-refractivity contribution in [3.63, 3.8) is 0 Å². The smallest absolute Gasteiger partial charge is 0.207 e. The predicted molar refractivity (Wildman–Crippen MR) is 94.7 cm³/mol. The summed E-state index contributed by atoms with van der Waals surface area (Å²) >= 11 is 5.75. The molecule has 0 saturated carbocycles. The summed E-state index contributed by atoms with van der Waals surface area (Å²) in [7, 11) is 2.16. The normalized spacial score (nSPS) is 12.9. The van der Waals surface area contributed by atoms with Crippen molar-refractivity contribution in [3.8, 4) is 0 Å². The van der Waals surface area contributed by atoms with Gasteiger partial charge in [0.1, 0.15) is 13.1 Å². The van der Waals surface area contributed by atoms with E-state index in [4.69, 9.17) is 30.5 Å². The van der Waals surface area contributed by atoms with E-state index in [0.717, 1.165) is 19.6 Å². The number of alkyl halides is 1. The lowest BCUT2D eigenvalue weighted by Gasteiger charge is -2.38. The lowest BCUT2D eigenvalue weighted by atomic mass is 10.3. The third-order valence-corrected chi connectivity index (χ3v) is 3.57. The van der Waals surface area contributed by atoms with E-state index in [0.29, 0.717) is 36.8 Å². The lowest BCUT2D eigenvalue weighted by molar-refractivity contribution is -0.915. The molecule has 23 heavy (non-hydrogen) atoms. The van der Waals surface area contributed by atoms with Crippen LogP contribution in [0.25, 0.3) is 0 Å². The van der Waals surface area contributed by atoms with Gasteiger partial charge in [-0.2, -0.15) is 0 Å². The maximum atomic E-state index is 5.75. The first-order valence-electron chi connectivity index (χ1n) is 8.56. The Morgan fingerprint density at radius 1 is 0.783 bits per heavy atom. The highest BCUT2D eigenvalue weighted by Gasteiger charge is 2.30. The van der Waals surface area contributed by atoms with Crippen molar-refractivity contribution in [2.24, 2.45) is 0 Å². The molecule has 0 spiro atoms.